The van der Waals surface area contributed by atoms with Gasteiger partial charge in [-0.1, -0.05) is 35.9 Å². The van der Waals surface area contributed by atoms with Crippen LogP contribution >= 0.6 is 11.6 Å². The summed E-state index contributed by atoms with van der Waals surface area (Å²) in [7, 11) is 0. The van der Waals surface area contributed by atoms with E-state index in [9.17, 15) is 9.59 Å². The number of fused-ring (bicyclic) bond motifs is 1. The molecule has 0 bridgehead atoms. The number of rotatable bonds is 2. The molecule has 3 heterocycles. The lowest BCUT2D eigenvalue weighted by molar-refractivity contribution is -0.134. The number of carbonyl (C=O) groups is 2. The Labute approximate surface area is 199 Å². The lowest BCUT2D eigenvalue weighted by atomic mass is 9.74. The van der Waals surface area contributed by atoms with E-state index in [-0.39, 0.29) is 11.8 Å². The molecule has 2 aromatic rings. The summed E-state index contributed by atoms with van der Waals surface area (Å²) in [4.78, 5) is 32.5. The van der Waals surface area contributed by atoms with Gasteiger partial charge in [-0.25, -0.2) is 0 Å². The van der Waals surface area contributed by atoms with Crippen LogP contribution in [0.4, 0.5) is 0 Å². The van der Waals surface area contributed by atoms with Gasteiger partial charge in [-0.2, -0.15) is 0 Å². The number of carbonyl (C=O) groups excluding carboxylic acids is 2. The number of allylic oxidation sites excluding steroid dienone is 1. The Bertz CT molecular complexity index is 1000. The first-order valence-electron chi connectivity index (χ1n) is 11.3. The zero-order valence-corrected chi connectivity index (χ0v) is 19.3. The van der Waals surface area contributed by atoms with Crippen molar-refractivity contribution in [3.05, 3.63) is 71.0 Å². The minimum Gasteiger partial charge on any atom is -0.491 e. The van der Waals surface area contributed by atoms with E-state index in [1.54, 1.807) is 18.3 Å². The maximum absolute atomic E-state index is 13.2. The second kappa shape index (κ2) is 10.8. The fraction of sp³-hybridized carbons (Fsp3) is 0.400. The smallest absolute Gasteiger partial charge is 0.255 e. The molecule has 1 fully saturated rings. The van der Waals surface area contributed by atoms with E-state index >= 15 is 0 Å². The third kappa shape index (κ3) is 5.92. The van der Waals surface area contributed by atoms with Gasteiger partial charge in [-0.3, -0.25) is 19.5 Å². The number of amides is 2. The van der Waals surface area contributed by atoms with Crippen molar-refractivity contribution in [2.75, 3.05) is 32.8 Å². The van der Waals surface area contributed by atoms with Gasteiger partial charge in [0.25, 0.3) is 5.91 Å². The van der Waals surface area contributed by atoms with Gasteiger partial charge in [-0.05, 0) is 56.6 Å². The summed E-state index contributed by atoms with van der Waals surface area (Å²) in [5, 5.41) is 6.60. The van der Waals surface area contributed by atoms with E-state index in [0.717, 1.165) is 38.2 Å². The molecule has 33 heavy (non-hydrogen) atoms. The summed E-state index contributed by atoms with van der Waals surface area (Å²) >= 11 is 5.94. The lowest BCUT2D eigenvalue weighted by Gasteiger charge is -2.40. The monoisotopic (exact) mass is 468 g/mol. The topological polar surface area (TPSA) is 83.6 Å². The second-order valence-electron chi connectivity index (χ2n) is 8.51. The first kappa shape index (κ1) is 23.3. The first-order valence-corrected chi connectivity index (χ1v) is 11.7. The van der Waals surface area contributed by atoms with Crippen LogP contribution in [0.3, 0.4) is 0 Å². The molecule has 0 atom stereocenters. The molecule has 7 nitrogen and oxygen atoms in total. The van der Waals surface area contributed by atoms with E-state index in [2.05, 4.69) is 20.5 Å². The quantitative estimate of drug-likeness (QED) is 0.661. The van der Waals surface area contributed by atoms with Crippen LogP contribution in [0.1, 0.15) is 35.3 Å². The van der Waals surface area contributed by atoms with Gasteiger partial charge in [0, 0.05) is 19.3 Å². The highest BCUT2D eigenvalue weighted by molar-refractivity contribution is 6.30. The van der Waals surface area contributed by atoms with Gasteiger partial charge in [0.2, 0.25) is 5.91 Å². The maximum Gasteiger partial charge on any atom is 0.255 e. The number of piperidine rings is 1. The molecule has 4 rings (SSSR count). The predicted octanol–water partition coefficient (Wildman–Crippen LogP) is 3.20. The number of para-hydroxylation sites is 1. The molecule has 2 N–H and O–H groups in total. The van der Waals surface area contributed by atoms with Crippen LogP contribution in [-0.2, 0) is 11.3 Å². The Morgan fingerprint density at radius 3 is 2.67 bits per heavy atom. The Morgan fingerprint density at radius 1 is 1.06 bits per heavy atom. The van der Waals surface area contributed by atoms with Crippen LogP contribution in [0.25, 0.3) is 0 Å². The lowest BCUT2D eigenvalue weighted by Crippen LogP contribution is -2.49. The molecule has 1 spiro atoms. The largest absolute Gasteiger partial charge is 0.491 e. The van der Waals surface area contributed by atoms with Gasteiger partial charge < -0.3 is 15.4 Å². The summed E-state index contributed by atoms with van der Waals surface area (Å²) in [6.07, 6.45) is 7.76. The van der Waals surface area contributed by atoms with Crippen molar-refractivity contribution in [3.8, 4) is 5.75 Å². The van der Waals surface area contributed by atoms with Crippen LogP contribution in [0.5, 0.6) is 5.75 Å². The highest BCUT2D eigenvalue weighted by Crippen LogP contribution is 2.36. The van der Waals surface area contributed by atoms with E-state index in [0.29, 0.717) is 42.5 Å². The molecular formula is C25H29ClN4O3. The van der Waals surface area contributed by atoms with Crippen LogP contribution in [0, 0.1) is 5.41 Å². The summed E-state index contributed by atoms with van der Waals surface area (Å²) in [6.45, 7) is 3.45. The number of nitrogens with one attached hydrogen (secondary N) is 2. The van der Waals surface area contributed by atoms with E-state index in [1.165, 1.54) is 0 Å². The standard InChI is InChI=1S/C25H29ClN4O3/c26-19-7-8-20(29-17-19)18-30-14-10-25(11-15-30)9-3-4-12-27-23(31)21-5-1-2-6-22(21)33-16-13-28-24(25)32/h1-8,17H,9-16,18H2,(H,27,31)(H,28,32)/b4-3+. The third-order valence-electron chi connectivity index (χ3n) is 6.30. The van der Waals surface area contributed by atoms with Crippen LogP contribution < -0.4 is 15.4 Å². The van der Waals surface area contributed by atoms with Gasteiger partial charge in [0.1, 0.15) is 12.4 Å². The minimum atomic E-state index is -0.466. The highest BCUT2D eigenvalue weighted by atomic mass is 35.5. The van der Waals surface area contributed by atoms with Crippen LogP contribution in [0.2, 0.25) is 5.02 Å². The van der Waals surface area contributed by atoms with E-state index in [1.807, 2.05) is 36.4 Å². The minimum absolute atomic E-state index is 0.0643. The van der Waals surface area contributed by atoms with Crippen LogP contribution in [-0.4, -0.2) is 54.5 Å². The number of halogens is 1. The fourth-order valence-corrected chi connectivity index (χ4v) is 4.44. The molecule has 0 unspecified atom stereocenters. The summed E-state index contributed by atoms with van der Waals surface area (Å²) in [6, 6.07) is 10.9. The van der Waals surface area contributed by atoms with Crippen molar-refractivity contribution in [1.29, 1.82) is 0 Å². The summed E-state index contributed by atoms with van der Waals surface area (Å²) < 4.78 is 5.80. The molecule has 1 aromatic carbocycles. The number of hydrogen-bond donors (Lipinski definition) is 2. The van der Waals surface area contributed by atoms with Gasteiger partial charge in [-0.15, -0.1) is 0 Å². The molecule has 2 aliphatic rings. The molecule has 174 valence electrons. The van der Waals surface area contributed by atoms with E-state index in [4.69, 9.17) is 16.3 Å². The predicted molar refractivity (Wildman–Crippen MR) is 127 cm³/mol. The number of nitrogens with zero attached hydrogens (tertiary/aromatic N) is 2. The molecule has 8 heteroatoms. The zero-order valence-electron chi connectivity index (χ0n) is 18.6. The number of ether oxygens (including phenoxy) is 1. The first-order chi connectivity index (χ1) is 16.1. The molecule has 0 saturated carbocycles. The fourth-order valence-electron chi connectivity index (χ4n) is 4.32. The average molecular weight is 469 g/mol. The van der Waals surface area contributed by atoms with Crippen LogP contribution in [0.15, 0.2) is 54.7 Å². The highest BCUT2D eigenvalue weighted by Gasteiger charge is 2.40. The van der Waals surface area contributed by atoms with Crippen molar-refractivity contribution in [3.63, 3.8) is 0 Å². The Morgan fingerprint density at radius 2 is 1.88 bits per heavy atom. The molecule has 1 saturated heterocycles. The van der Waals surface area contributed by atoms with Crippen molar-refractivity contribution in [2.24, 2.45) is 5.41 Å². The Kier molecular flexibility index (Phi) is 7.62. The molecule has 1 aromatic heterocycles. The zero-order chi connectivity index (χ0) is 23.1. The van der Waals surface area contributed by atoms with Crippen molar-refractivity contribution >= 4 is 23.4 Å². The van der Waals surface area contributed by atoms with Crippen molar-refractivity contribution < 1.29 is 14.3 Å². The number of aromatic nitrogens is 1. The van der Waals surface area contributed by atoms with Crippen molar-refractivity contribution in [2.45, 2.75) is 25.8 Å². The third-order valence-corrected chi connectivity index (χ3v) is 6.53. The number of pyridine rings is 1. The number of benzene rings is 1. The number of hydrogen-bond acceptors (Lipinski definition) is 5. The molecule has 0 radical (unpaired) electrons. The van der Waals surface area contributed by atoms with Gasteiger partial charge in [0.15, 0.2) is 0 Å². The van der Waals surface area contributed by atoms with Gasteiger partial charge in [0.05, 0.1) is 28.2 Å². The second-order valence-corrected chi connectivity index (χ2v) is 8.95. The molecule has 0 aliphatic carbocycles. The average Bonchev–Trinajstić information content (AvgIpc) is 2.83. The maximum atomic E-state index is 13.2. The Hall–Kier alpha value is -2.90. The Balaban J connectivity index is 1.41. The summed E-state index contributed by atoms with van der Waals surface area (Å²) in [5.41, 5.74) is 0.999. The SMILES string of the molecule is O=C1NC/C=C/CC2(CCN(Cc3ccc(Cl)cn3)CC2)C(=O)NCCOc2ccccc21. The summed E-state index contributed by atoms with van der Waals surface area (Å²) in [5.74, 6) is 0.411. The van der Waals surface area contributed by atoms with E-state index < -0.39 is 5.41 Å². The number of likely N-dealkylation sites (tertiary alicyclic amines) is 1. The van der Waals surface area contributed by atoms with Gasteiger partial charge >= 0.3 is 0 Å². The molecular weight excluding hydrogens is 440 g/mol. The molecule has 2 amide bonds. The van der Waals surface area contributed by atoms with Crippen molar-refractivity contribution in [1.82, 2.24) is 20.5 Å². The normalized spacial score (nSPS) is 20.6. The molecule has 2 aliphatic heterocycles.